The molecule has 0 aliphatic carbocycles. The Bertz CT molecular complexity index is 251. The van der Waals surface area contributed by atoms with E-state index in [2.05, 4.69) is 44.2 Å². The molecule has 0 aromatic heterocycles. The molecule has 1 nitrogen and oxygen atoms in total. The Morgan fingerprint density at radius 1 is 1.20 bits per heavy atom. The molecule has 1 aromatic carbocycles. The molecule has 0 amide bonds. The maximum Gasteiger partial charge on any atom is -0.00489 e. The molecule has 1 heteroatoms. The minimum Gasteiger partial charge on any atom is -0.330 e. The van der Waals surface area contributed by atoms with E-state index in [0.29, 0.717) is 5.92 Å². The first-order valence-corrected chi connectivity index (χ1v) is 6.00. The van der Waals surface area contributed by atoms with Crippen molar-refractivity contribution in [2.45, 2.75) is 33.1 Å². The van der Waals surface area contributed by atoms with Gasteiger partial charge in [-0.25, -0.2) is 0 Å². The van der Waals surface area contributed by atoms with Crippen molar-refractivity contribution in [3.8, 4) is 0 Å². The Hall–Kier alpha value is -0.820. The highest BCUT2D eigenvalue weighted by Gasteiger charge is 2.10. The summed E-state index contributed by atoms with van der Waals surface area (Å²) in [6, 6.07) is 10.7. The average molecular weight is 205 g/mol. The summed E-state index contributed by atoms with van der Waals surface area (Å²) in [5.74, 6) is 1.43. The monoisotopic (exact) mass is 205 g/mol. The molecule has 0 saturated carbocycles. The van der Waals surface area contributed by atoms with Crippen molar-refractivity contribution in [1.82, 2.24) is 0 Å². The van der Waals surface area contributed by atoms with Crippen molar-refractivity contribution < 1.29 is 0 Å². The van der Waals surface area contributed by atoms with E-state index in [1.165, 1.54) is 24.8 Å². The lowest BCUT2D eigenvalue weighted by Crippen LogP contribution is -2.17. The van der Waals surface area contributed by atoms with E-state index in [0.717, 1.165) is 12.5 Å². The van der Waals surface area contributed by atoms with Crippen LogP contribution >= 0.6 is 0 Å². The normalized spacial score (nSPS) is 14.9. The molecule has 1 aromatic rings. The van der Waals surface area contributed by atoms with Crippen LogP contribution in [0.5, 0.6) is 0 Å². The van der Waals surface area contributed by atoms with Crippen LogP contribution in [0.3, 0.4) is 0 Å². The summed E-state index contributed by atoms with van der Waals surface area (Å²) in [5, 5.41) is 0. The number of rotatable bonds is 6. The lowest BCUT2D eigenvalue weighted by atomic mass is 9.89. The minimum absolute atomic E-state index is 0.698. The molecule has 0 aliphatic rings. The molecule has 0 bridgehead atoms. The van der Waals surface area contributed by atoms with Gasteiger partial charge in [0.1, 0.15) is 0 Å². The fourth-order valence-electron chi connectivity index (χ4n) is 2.10. The van der Waals surface area contributed by atoms with Gasteiger partial charge in [-0.1, -0.05) is 50.6 Å². The molecule has 15 heavy (non-hydrogen) atoms. The fourth-order valence-corrected chi connectivity index (χ4v) is 2.10. The van der Waals surface area contributed by atoms with Gasteiger partial charge in [-0.15, -0.1) is 0 Å². The molecule has 0 radical (unpaired) electrons. The van der Waals surface area contributed by atoms with Crippen molar-refractivity contribution in [2.75, 3.05) is 6.54 Å². The third kappa shape index (κ3) is 4.48. The highest BCUT2D eigenvalue weighted by molar-refractivity contribution is 5.15. The molecule has 0 heterocycles. The number of benzene rings is 1. The van der Waals surface area contributed by atoms with E-state index >= 15 is 0 Å². The predicted molar refractivity (Wildman–Crippen MR) is 66.8 cm³/mol. The third-order valence-electron chi connectivity index (χ3n) is 3.07. The van der Waals surface area contributed by atoms with Gasteiger partial charge < -0.3 is 5.73 Å². The second kappa shape index (κ2) is 6.62. The second-order valence-corrected chi connectivity index (χ2v) is 4.54. The van der Waals surface area contributed by atoms with Crippen LogP contribution in [0.4, 0.5) is 0 Å². The van der Waals surface area contributed by atoms with Gasteiger partial charge in [-0.3, -0.25) is 0 Å². The van der Waals surface area contributed by atoms with Gasteiger partial charge in [0.25, 0.3) is 0 Å². The Kier molecular flexibility index (Phi) is 5.41. The fraction of sp³-hybridized carbons (Fsp3) is 0.571. The molecular weight excluding hydrogens is 182 g/mol. The van der Waals surface area contributed by atoms with Crippen LogP contribution in [0, 0.1) is 11.8 Å². The zero-order valence-corrected chi connectivity index (χ0v) is 9.95. The molecule has 2 N–H and O–H groups in total. The van der Waals surface area contributed by atoms with Crippen LogP contribution < -0.4 is 5.73 Å². The molecule has 0 aliphatic heterocycles. The Morgan fingerprint density at radius 3 is 2.40 bits per heavy atom. The van der Waals surface area contributed by atoms with Gasteiger partial charge in [0, 0.05) is 0 Å². The van der Waals surface area contributed by atoms with Gasteiger partial charge in [-0.05, 0) is 36.8 Å². The summed E-state index contributed by atoms with van der Waals surface area (Å²) in [5.41, 5.74) is 7.17. The standard InChI is InChI=1S/C14H23N/c1-3-13(11-15)9-12(2)10-14-7-5-4-6-8-14/h4-8,12-13H,3,9-11,15H2,1-2H3/t12-,13-/m0/s1. The Balaban J connectivity index is 2.39. The molecular formula is C14H23N. The molecule has 84 valence electrons. The van der Waals surface area contributed by atoms with Gasteiger partial charge in [-0.2, -0.15) is 0 Å². The van der Waals surface area contributed by atoms with E-state index in [4.69, 9.17) is 5.73 Å². The summed E-state index contributed by atoms with van der Waals surface area (Å²) in [6.07, 6.45) is 3.63. The average Bonchev–Trinajstić information content (AvgIpc) is 2.27. The van der Waals surface area contributed by atoms with Crippen molar-refractivity contribution in [3.63, 3.8) is 0 Å². The van der Waals surface area contributed by atoms with E-state index < -0.39 is 0 Å². The van der Waals surface area contributed by atoms with Gasteiger partial charge in [0.05, 0.1) is 0 Å². The molecule has 1 rings (SSSR count). The van der Waals surface area contributed by atoms with E-state index in [9.17, 15) is 0 Å². The van der Waals surface area contributed by atoms with Crippen LogP contribution in [0.25, 0.3) is 0 Å². The maximum absolute atomic E-state index is 5.72. The van der Waals surface area contributed by atoms with Crippen molar-refractivity contribution >= 4 is 0 Å². The number of nitrogens with two attached hydrogens (primary N) is 1. The Labute approximate surface area is 93.7 Å². The lowest BCUT2D eigenvalue weighted by molar-refractivity contribution is 0.385. The van der Waals surface area contributed by atoms with Crippen LogP contribution in [0.1, 0.15) is 32.3 Å². The van der Waals surface area contributed by atoms with Gasteiger partial charge in [0.2, 0.25) is 0 Å². The lowest BCUT2D eigenvalue weighted by Gasteiger charge is -2.18. The zero-order valence-electron chi connectivity index (χ0n) is 9.95. The van der Waals surface area contributed by atoms with Crippen molar-refractivity contribution in [1.29, 1.82) is 0 Å². The van der Waals surface area contributed by atoms with Gasteiger partial charge >= 0.3 is 0 Å². The summed E-state index contributed by atoms with van der Waals surface area (Å²) in [7, 11) is 0. The predicted octanol–water partition coefficient (Wildman–Crippen LogP) is 3.24. The first kappa shape index (κ1) is 12.3. The molecule has 0 unspecified atom stereocenters. The van der Waals surface area contributed by atoms with E-state index in [-0.39, 0.29) is 0 Å². The highest BCUT2D eigenvalue weighted by Crippen LogP contribution is 2.18. The van der Waals surface area contributed by atoms with Crippen molar-refractivity contribution in [2.24, 2.45) is 17.6 Å². The third-order valence-corrected chi connectivity index (χ3v) is 3.07. The summed E-state index contributed by atoms with van der Waals surface area (Å²) >= 11 is 0. The smallest absolute Gasteiger partial charge is 0.00489 e. The van der Waals surface area contributed by atoms with Crippen LogP contribution in [-0.2, 0) is 6.42 Å². The SMILES string of the molecule is CC[C@H](CN)C[C@H](C)Cc1ccccc1. The zero-order chi connectivity index (χ0) is 11.1. The first-order valence-electron chi connectivity index (χ1n) is 6.00. The number of hydrogen-bond donors (Lipinski definition) is 1. The van der Waals surface area contributed by atoms with E-state index in [1.807, 2.05) is 0 Å². The summed E-state index contributed by atoms with van der Waals surface area (Å²) < 4.78 is 0. The topological polar surface area (TPSA) is 26.0 Å². The quantitative estimate of drug-likeness (QED) is 0.758. The molecule has 0 fully saturated rings. The van der Waals surface area contributed by atoms with Crippen molar-refractivity contribution in [3.05, 3.63) is 35.9 Å². The van der Waals surface area contributed by atoms with Gasteiger partial charge in [0.15, 0.2) is 0 Å². The van der Waals surface area contributed by atoms with E-state index in [1.54, 1.807) is 0 Å². The van der Waals surface area contributed by atoms with Crippen LogP contribution in [-0.4, -0.2) is 6.54 Å². The first-order chi connectivity index (χ1) is 7.26. The maximum atomic E-state index is 5.72. The summed E-state index contributed by atoms with van der Waals surface area (Å²) in [6.45, 7) is 5.38. The molecule has 0 spiro atoms. The Morgan fingerprint density at radius 2 is 1.87 bits per heavy atom. The minimum atomic E-state index is 0.698. The van der Waals surface area contributed by atoms with Crippen LogP contribution in [0.2, 0.25) is 0 Å². The molecule has 0 saturated heterocycles. The number of hydrogen-bond acceptors (Lipinski definition) is 1. The van der Waals surface area contributed by atoms with Crippen LogP contribution in [0.15, 0.2) is 30.3 Å². The summed E-state index contributed by atoms with van der Waals surface area (Å²) in [4.78, 5) is 0. The largest absolute Gasteiger partial charge is 0.330 e. The second-order valence-electron chi connectivity index (χ2n) is 4.54. The highest BCUT2D eigenvalue weighted by atomic mass is 14.5. The molecule has 2 atom stereocenters.